The Labute approximate surface area is 148 Å². The van der Waals surface area contributed by atoms with Gasteiger partial charge in [-0.2, -0.15) is 0 Å². The van der Waals surface area contributed by atoms with Gasteiger partial charge >= 0.3 is 0 Å². The first kappa shape index (κ1) is 17.8. The number of piperidine rings is 1. The molecule has 7 nitrogen and oxygen atoms in total. The Hall–Kier alpha value is -1.99. The Bertz CT molecular complexity index is 594. The van der Waals surface area contributed by atoms with E-state index < -0.39 is 0 Å². The fraction of sp³-hybridized carbons (Fsp3) is 0.611. The third-order valence-electron chi connectivity index (χ3n) is 4.90. The summed E-state index contributed by atoms with van der Waals surface area (Å²) in [6, 6.07) is 5.55. The lowest BCUT2D eigenvalue weighted by molar-refractivity contribution is -0.137. The molecule has 0 radical (unpaired) electrons. The van der Waals surface area contributed by atoms with E-state index in [1.165, 1.54) is 0 Å². The smallest absolute Gasteiger partial charge is 0.241 e. The second-order valence-electron chi connectivity index (χ2n) is 6.80. The molecule has 0 saturated carbocycles. The standard InChI is InChI=1S/C18H27N5O2/c1-2-8-20-17(24)13-6-5-10-23(12-13)18(25)16-11-15(21-22-16)14-7-3-4-9-19-14/h3-4,7,9,13,15-16,21-22H,2,5-6,8,10-12H2,1H3,(H,20,24). The first-order valence-corrected chi connectivity index (χ1v) is 9.17. The second-order valence-corrected chi connectivity index (χ2v) is 6.80. The molecular weight excluding hydrogens is 318 g/mol. The van der Waals surface area contributed by atoms with Crippen molar-refractivity contribution in [2.45, 2.75) is 44.7 Å². The molecular formula is C18H27N5O2. The number of pyridine rings is 1. The molecule has 0 bridgehead atoms. The predicted octanol–water partition coefficient (Wildman–Crippen LogP) is 0.754. The largest absolute Gasteiger partial charge is 0.356 e. The predicted molar refractivity (Wildman–Crippen MR) is 94.3 cm³/mol. The molecule has 0 aliphatic carbocycles. The third-order valence-corrected chi connectivity index (χ3v) is 4.90. The van der Waals surface area contributed by atoms with Gasteiger partial charge in [-0.05, 0) is 37.8 Å². The third kappa shape index (κ3) is 4.35. The van der Waals surface area contributed by atoms with Gasteiger partial charge < -0.3 is 10.2 Å². The molecule has 25 heavy (non-hydrogen) atoms. The number of likely N-dealkylation sites (tertiary alicyclic amines) is 1. The van der Waals surface area contributed by atoms with E-state index in [1.807, 2.05) is 30.0 Å². The number of amides is 2. The van der Waals surface area contributed by atoms with E-state index in [1.54, 1.807) is 6.20 Å². The molecule has 2 amide bonds. The normalized spacial score (nSPS) is 26.4. The molecule has 136 valence electrons. The summed E-state index contributed by atoms with van der Waals surface area (Å²) in [7, 11) is 0. The molecule has 0 aromatic carbocycles. The maximum absolute atomic E-state index is 12.8. The molecule has 2 aliphatic rings. The molecule has 2 saturated heterocycles. The Balaban J connectivity index is 1.55. The van der Waals surface area contributed by atoms with E-state index in [0.717, 1.165) is 31.5 Å². The van der Waals surface area contributed by atoms with Gasteiger partial charge in [0.05, 0.1) is 17.7 Å². The van der Waals surface area contributed by atoms with Crippen LogP contribution in [0.1, 0.15) is 44.3 Å². The summed E-state index contributed by atoms with van der Waals surface area (Å²) in [6.07, 6.45) is 5.08. The number of nitrogens with zero attached hydrogens (tertiary/aromatic N) is 2. The number of hydrazine groups is 1. The minimum atomic E-state index is -0.274. The van der Waals surface area contributed by atoms with E-state index in [2.05, 4.69) is 21.2 Å². The van der Waals surface area contributed by atoms with Gasteiger partial charge in [0.15, 0.2) is 0 Å². The van der Waals surface area contributed by atoms with E-state index in [0.29, 0.717) is 19.5 Å². The van der Waals surface area contributed by atoms with E-state index in [-0.39, 0.29) is 29.8 Å². The molecule has 3 atom stereocenters. The molecule has 1 aromatic heterocycles. The van der Waals surface area contributed by atoms with Crippen molar-refractivity contribution in [2.24, 2.45) is 5.92 Å². The van der Waals surface area contributed by atoms with Crippen LogP contribution in [0.3, 0.4) is 0 Å². The number of carbonyl (C=O) groups is 2. The molecule has 3 unspecified atom stereocenters. The van der Waals surface area contributed by atoms with Crippen molar-refractivity contribution in [3.63, 3.8) is 0 Å². The van der Waals surface area contributed by atoms with Gasteiger partial charge in [-0.25, -0.2) is 10.9 Å². The monoisotopic (exact) mass is 345 g/mol. The Morgan fingerprint density at radius 1 is 1.36 bits per heavy atom. The summed E-state index contributed by atoms with van der Waals surface area (Å²) in [5.74, 6) is 0.0485. The number of hydrogen-bond donors (Lipinski definition) is 3. The van der Waals surface area contributed by atoms with Crippen molar-refractivity contribution in [1.82, 2.24) is 26.1 Å². The lowest BCUT2D eigenvalue weighted by Crippen LogP contribution is -2.51. The van der Waals surface area contributed by atoms with Gasteiger partial charge in [-0.15, -0.1) is 0 Å². The average molecular weight is 345 g/mol. The molecule has 2 fully saturated rings. The SMILES string of the molecule is CCCNC(=O)C1CCCN(C(=O)C2CC(c3ccccn3)NN2)C1. The Morgan fingerprint density at radius 2 is 2.24 bits per heavy atom. The zero-order valence-electron chi connectivity index (χ0n) is 14.7. The lowest BCUT2D eigenvalue weighted by atomic mass is 9.96. The maximum atomic E-state index is 12.8. The van der Waals surface area contributed by atoms with Gasteiger partial charge in [0.1, 0.15) is 6.04 Å². The van der Waals surface area contributed by atoms with Gasteiger partial charge in [0.2, 0.25) is 11.8 Å². The minimum absolute atomic E-state index is 0.0311. The quantitative estimate of drug-likeness (QED) is 0.733. The van der Waals surface area contributed by atoms with E-state index in [4.69, 9.17) is 0 Å². The first-order chi connectivity index (χ1) is 12.2. The van der Waals surface area contributed by atoms with Crippen LogP contribution in [0.5, 0.6) is 0 Å². The highest BCUT2D eigenvalue weighted by molar-refractivity contribution is 5.84. The summed E-state index contributed by atoms with van der Waals surface area (Å²) in [5.41, 5.74) is 7.20. The van der Waals surface area contributed by atoms with Crippen LogP contribution in [0.4, 0.5) is 0 Å². The highest BCUT2D eigenvalue weighted by Gasteiger charge is 2.36. The van der Waals surface area contributed by atoms with Crippen molar-refractivity contribution in [1.29, 1.82) is 0 Å². The number of carbonyl (C=O) groups excluding carboxylic acids is 2. The Morgan fingerprint density at radius 3 is 3.00 bits per heavy atom. The molecule has 1 aromatic rings. The molecule has 3 N–H and O–H groups in total. The lowest BCUT2D eigenvalue weighted by Gasteiger charge is -2.33. The summed E-state index contributed by atoms with van der Waals surface area (Å²) in [5, 5.41) is 2.95. The number of nitrogens with one attached hydrogen (secondary N) is 3. The van der Waals surface area contributed by atoms with Crippen LogP contribution in [0.2, 0.25) is 0 Å². The van der Waals surface area contributed by atoms with Crippen LogP contribution in [0.25, 0.3) is 0 Å². The summed E-state index contributed by atoms with van der Waals surface area (Å²) in [4.78, 5) is 31.2. The fourth-order valence-corrected chi connectivity index (χ4v) is 3.50. The van der Waals surface area contributed by atoms with Crippen LogP contribution in [0, 0.1) is 5.92 Å². The van der Waals surface area contributed by atoms with Crippen LogP contribution in [0.15, 0.2) is 24.4 Å². The fourth-order valence-electron chi connectivity index (χ4n) is 3.50. The molecule has 3 rings (SSSR count). The summed E-state index contributed by atoms with van der Waals surface area (Å²) >= 11 is 0. The summed E-state index contributed by atoms with van der Waals surface area (Å²) in [6.45, 7) is 3.97. The molecule has 3 heterocycles. The zero-order chi connectivity index (χ0) is 17.6. The minimum Gasteiger partial charge on any atom is -0.356 e. The van der Waals surface area contributed by atoms with Crippen LogP contribution >= 0.6 is 0 Å². The van der Waals surface area contributed by atoms with Gasteiger partial charge in [0.25, 0.3) is 0 Å². The number of rotatable bonds is 5. The van der Waals surface area contributed by atoms with Crippen molar-refractivity contribution in [3.05, 3.63) is 30.1 Å². The number of aromatic nitrogens is 1. The van der Waals surface area contributed by atoms with E-state index in [9.17, 15) is 9.59 Å². The molecule has 0 spiro atoms. The van der Waals surface area contributed by atoms with Gasteiger partial charge in [0, 0.05) is 25.8 Å². The first-order valence-electron chi connectivity index (χ1n) is 9.17. The van der Waals surface area contributed by atoms with Crippen molar-refractivity contribution in [3.8, 4) is 0 Å². The van der Waals surface area contributed by atoms with Crippen molar-refractivity contribution in [2.75, 3.05) is 19.6 Å². The summed E-state index contributed by atoms with van der Waals surface area (Å²) < 4.78 is 0. The van der Waals surface area contributed by atoms with Crippen molar-refractivity contribution < 1.29 is 9.59 Å². The van der Waals surface area contributed by atoms with Crippen LogP contribution < -0.4 is 16.2 Å². The second kappa shape index (κ2) is 8.40. The highest BCUT2D eigenvalue weighted by atomic mass is 16.2. The number of hydrogen-bond acceptors (Lipinski definition) is 5. The zero-order valence-corrected chi connectivity index (χ0v) is 14.7. The molecule has 2 aliphatic heterocycles. The van der Waals surface area contributed by atoms with Crippen molar-refractivity contribution >= 4 is 11.8 Å². The van der Waals surface area contributed by atoms with E-state index >= 15 is 0 Å². The van der Waals surface area contributed by atoms with Gasteiger partial charge in [-0.3, -0.25) is 14.6 Å². The van der Waals surface area contributed by atoms with Crippen LogP contribution in [-0.4, -0.2) is 47.4 Å². The Kier molecular flexibility index (Phi) is 5.99. The molecule has 7 heteroatoms. The maximum Gasteiger partial charge on any atom is 0.241 e. The average Bonchev–Trinajstić information content (AvgIpc) is 3.16. The highest BCUT2D eigenvalue weighted by Crippen LogP contribution is 2.23. The van der Waals surface area contributed by atoms with Gasteiger partial charge in [-0.1, -0.05) is 13.0 Å². The van der Waals surface area contributed by atoms with Crippen LogP contribution in [-0.2, 0) is 9.59 Å². The topological polar surface area (TPSA) is 86.4 Å².